The molecule has 1 spiro atoms. The summed E-state index contributed by atoms with van der Waals surface area (Å²) in [5, 5.41) is 6.16. The minimum absolute atomic E-state index is 0.199. The van der Waals surface area contributed by atoms with Crippen LogP contribution < -0.4 is 15.5 Å². The third-order valence-corrected chi connectivity index (χ3v) is 10.3. The lowest BCUT2D eigenvalue weighted by atomic mass is 10.0. The van der Waals surface area contributed by atoms with Gasteiger partial charge in [-0.25, -0.2) is 13.4 Å². The number of anilines is 3. The highest BCUT2D eigenvalue weighted by Crippen LogP contribution is 2.57. The highest BCUT2D eigenvalue weighted by molar-refractivity contribution is 7.92. The molecule has 3 heterocycles. The van der Waals surface area contributed by atoms with E-state index in [4.69, 9.17) is 4.98 Å². The first-order valence-electron chi connectivity index (χ1n) is 12.4. The van der Waals surface area contributed by atoms with E-state index in [0.29, 0.717) is 23.7 Å². The zero-order valence-electron chi connectivity index (χ0n) is 19.5. The number of hydrogen-bond donors (Lipinski definition) is 2. The third kappa shape index (κ3) is 3.43. The zero-order chi connectivity index (χ0) is 23.5. The Bertz CT molecular complexity index is 1250. The second-order valence-electron chi connectivity index (χ2n) is 10.2. The van der Waals surface area contributed by atoms with E-state index >= 15 is 0 Å². The maximum absolute atomic E-state index is 13.3. The van der Waals surface area contributed by atoms with Gasteiger partial charge < -0.3 is 10.6 Å². The summed E-state index contributed by atoms with van der Waals surface area (Å²) >= 11 is 0. The number of amides is 1. The van der Waals surface area contributed by atoms with Crippen LogP contribution in [0.3, 0.4) is 0 Å². The highest BCUT2D eigenvalue weighted by Gasteiger charge is 2.61. The van der Waals surface area contributed by atoms with Crippen LogP contribution in [0.2, 0.25) is 0 Å². The molecule has 180 valence electrons. The van der Waals surface area contributed by atoms with E-state index in [1.54, 1.807) is 18.2 Å². The topological polar surface area (TPSA) is 104 Å². The monoisotopic (exact) mass is 481 g/mol. The fourth-order valence-corrected chi connectivity index (χ4v) is 7.72. The molecule has 1 aromatic heterocycles. The van der Waals surface area contributed by atoms with Gasteiger partial charge in [-0.15, -0.1) is 0 Å². The molecule has 1 amide bonds. The summed E-state index contributed by atoms with van der Waals surface area (Å²) in [6.45, 7) is 3.37. The Morgan fingerprint density at radius 3 is 2.53 bits per heavy atom. The first-order valence-corrected chi connectivity index (χ1v) is 14.0. The molecule has 2 aliphatic heterocycles. The number of aromatic nitrogens is 2. The maximum atomic E-state index is 13.3. The molecule has 4 aliphatic rings. The van der Waals surface area contributed by atoms with E-state index in [2.05, 4.69) is 15.6 Å². The van der Waals surface area contributed by atoms with E-state index in [1.165, 1.54) is 0 Å². The van der Waals surface area contributed by atoms with Gasteiger partial charge in [0.05, 0.1) is 15.6 Å². The van der Waals surface area contributed by atoms with Crippen molar-refractivity contribution >= 4 is 33.2 Å². The van der Waals surface area contributed by atoms with Crippen molar-refractivity contribution in [2.24, 2.45) is 0 Å². The largest absolute Gasteiger partial charge is 0.324 e. The first-order chi connectivity index (χ1) is 16.4. The third-order valence-electron chi connectivity index (χ3n) is 8.08. The number of sulfone groups is 1. The van der Waals surface area contributed by atoms with Crippen molar-refractivity contribution in [3.63, 3.8) is 0 Å². The summed E-state index contributed by atoms with van der Waals surface area (Å²) in [5.74, 6) is 1.39. The predicted molar refractivity (Wildman–Crippen MR) is 130 cm³/mol. The SMILES string of the molecule is Cc1cc(S(=O)(=O)C2CCNCC2)ccc1Nc1ncc2c(n1)N(C1CCCC1)C(=O)C21CC1. The second kappa shape index (κ2) is 8.02. The summed E-state index contributed by atoms with van der Waals surface area (Å²) in [6.07, 6.45) is 9.21. The van der Waals surface area contributed by atoms with Crippen LogP contribution >= 0.6 is 0 Å². The Morgan fingerprint density at radius 2 is 1.85 bits per heavy atom. The number of carbonyl (C=O) groups excluding carboxylic acids is 1. The van der Waals surface area contributed by atoms with E-state index < -0.39 is 15.3 Å². The molecule has 2 aromatic rings. The fourth-order valence-electron chi connectivity index (χ4n) is 5.88. The van der Waals surface area contributed by atoms with Gasteiger partial charge in [-0.05, 0) is 82.3 Å². The fraction of sp³-hybridized carbons (Fsp3) is 0.560. The molecule has 1 aromatic carbocycles. The smallest absolute Gasteiger partial charge is 0.239 e. The number of piperidine rings is 1. The Labute approximate surface area is 200 Å². The molecule has 0 bridgehead atoms. The van der Waals surface area contributed by atoms with Crippen molar-refractivity contribution < 1.29 is 13.2 Å². The van der Waals surface area contributed by atoms with Crippen LogP contribution in [0.5, 0.6) is 0 Å². The van der Waals surface area contributed by atoms with Crippen molar-refractivity contribution in [2.45, 2.75) is 79.9 Å². The molecule has 2 saturated carbocycles. The predicted octanol–water partition coefficient (Wildman–Crippen LogP) is 3.38. The molecule has 2 aliphatic carbocycles. The minimum atomic E-state index is -3.35. The summed E-state index contributed by atoms with van der Waals surface area (Å²) < 4.78 is 26.2. The van der Waals surface area contributed by atoms with Crippen molar-refractivity contribution in [1.29, 1.82) is 0 Å². The number of nitrogens with one attached hydrogen (secondary N) is 2. The van der Waals surface area contributed by atoms with Crippen LogP contribution in [0.25, 0.3) is 0 Å². The molecule has 0 radical (unpaired) electrons. The summed E-state index contributed by atoms with van der Waals surface area (Å²) in [7, 11) is -3.35. The van der Waals surface area contributed by atoms with Gasteiger partial charge in [0.15, 0.2) is 9.84 Å². The summed E-state index contributed by atoms with van der Waals surface area (Å²) in [4.78, 5) is 25.0. The highest BCUT2D eigenvalue weighted by atomic mass is 32.2. The number of rotatable bonds is 5. The molecule has 9 heteroatoms. The number of benzene rings is 1. The molecular formula is C25H31N5O3S. The van der Waals surface area contributed by atoms with Gasteiger partial charge in [0.25, 0.3) is 0 Å². The summed E-state index contributed by atoms with van der Waals surface area (Å²) in [5.41, 5.74) is 2.16. The van der Waals surface area contributed by atoms with Gasteiger partial charge in [-0.3, -0.25) is 9.69 Å². The average Bonchev–Trinajstić information content (AvgIpc) is 3.40. The molecule has 8 nitrogen and oxygen atoms in total. The van der Waals surface area contributed by atoms with Gasteiger partial charge in [0, 0.05) is 23.5 Å². The zero-order valence-corrected chi connectivity index (χ0v) is 20.3. The summed E-state index contributed by atoms with van der Waals surface area (Å²) in [6, 6.07) is 5.44. The Morgan fingerprint density at radius 1 is 1.12 bits per heavy atom. The maximum Gasteiger partial charge on any atom is 0.239 e. The number of aryl methyl sites for hydroxylation is 1. The molecule has 6 rings (SSSR count). The van der Waals surface area contributed by atoms with Gasteiger partial charge in [-0.2, -0.15) is 4.98 Å². The molecular weight excluding hydrogens is 450 g/mol. The van der Waals surface area contributed by atoms with Crippen LogP contribution in [-0.4, -0.2) is 48.7 Å². The molecule has 0 atom stereocenters. The minimum Gasteiger partial charge on any atom is -0.324 e. The van der Waals surface area contributed by atoms with E-state index in [0.717, 1.165) is 74.2 Å². The van der Waals surface area contributed by atoms with Crippen LogP contribution in [0.4, 0.5) is 17.5 Å². The van der Waals surface area contributed by atoms with Gasteiger partial charge in [0.2, 0.25) is 11.9 Å². The lowest BCUT2D eigenvalue weighted by molar-refractivity contribution is -0.120. The van der Waals surface area contributed by atoms with E-state index in [-0.39, 0.29) is 17.2 Å². The number of hydrogen-bond acceptors (Lipinski definition) is 7. The van der Waals surface area contributed by atoms with Crippen molar-refractivity contribution in [1.82, 2.24) is 15.3 Å². The Kier molecular flexibility index (Phi) is 5.18. The van der Waals surface area contributed by atoms with E-state index in [1.807, 2.05) is 18.0 Å². The average molecular weight is 482 g/mol. The van der Waals surface area contributed by atoms with Crippen molar-refractivity contribution in [3.05, 3.63) is 35.5 Å². The molecule has 34 heavy (non-hydrogen) atoms. The molecule has 0 unspecified atom stereocenters. The number of nitrogens with zero attached hydrogens (tertiary/aromatic N) is 3. The van der Waals surface area contributed by atoms with Crippen LogP contribution in [-0.2, 0) is 20.0 Å². The number of carbonyl (C=O) groups is 1. The number of fused-ring (bicyclic) bond motifs is 2. The van der Waals surface area contributed by atoms with Gasteiger partial charge in [-0.1, -0.05) is 12.8 Å². The molecule has 2 N–H and O–H groups in total. The Balaban J connectivity index is 1.27. The van der Waals surface area contributed by atoms with Gasteiger partial charge >= 0.3 is 0 Å². The Hall–Kier alpha value is -2.52. The van der Waals surface area contributed by atoms with E-state index in [9.17, 15) is 13.2 Å². The molecule has 1 saturated heterocycles. The quantitative estimate of drug-likeness (QED) is 0.675. The second-order valence-corrected chi connectivity index (χ2v) is 12.5. The first kappa shape index (κ1) is 22.0. The van der Waals surface area contributed by atoms with Crippen LogP contribution in [0.1, 0.15) is 62.5 Å². The lowest BCUT2D eigenvalue weighted by Gasteiger charge is -2.24. The molecule has 3 fully saturated rings. The standard InChI is InChI=1S/C25H31N5O3S/c1-16-14-19(34(32,33)18-8-12-26-13-9-18)6-7-21(16)28-24-27-15-20-22(29-24)30(17-4-2-3-5-17)23(31)25(20)10-11-25/h6-7,14-15,17-18,26H,2-5,8-13H2,1H3,(H,27,28,29). The normalized spacial score (nSPS) is 22.4. The lowest BCUT2D eigenvalue weighted by Crippen LogP contribution is -2.39. The van der Waals surface area contributed by atoms with Crippen molar-refractivity contribution in [3.8, 4) is 0 Å². The van der Waals surface area contributed by atoms with Crippen LogP contribution in [0.15, 0.2) is 29.3 Å². The van der Waals surface area contributed by atoms with Gasteiger partial charge in [0.1, 0.15) is 5.82 Å². The van der Waals surface area contributed by atoms with Crippen LogP contribution in [0, 0.1) is 6.92 Å². The van der Waals surface area contributed by atoms with Crippen molar-refractivity contribution in [2.75, 3.05) is 23.3 Å².